The molecule has 0 fully saturated rings. The van der Waals surface area contributed by atoms with Gasteiger partial charge in [-0.3, -0.25) is 9.20 Å². The third kappa shape index (κ3) is 2.70. The van der Waals surface area contributed by atoms with Crippen LogP contribution in [0.4, 0.5) is 0 Å². The first-order chi connectivity index (χ1) is 12.1. The van der Waals surface area contributed by atoms with Crippen molar-refractivity contribution in [2.24, 2.45) is 0 Å². The van der Waals surface area contributed by atoms with E-state index in [-0.39, 0.29) is 6.42 Å². The second-order valence-electron chi connectivity index (χ2n) is 6.46. The van der Waals surface area contributed by atoms with Gasteiger partial charge in [0.05, 0.1) is 24.9 Å². The quantitative estimate of drug-likeness (QED) is 0.770. The highest BCUT2D eigenvalue weighted by atomic mass is 32.1. The summed E-state index contributed by atoms with van der Waals surface area (Å²) in [4.78, 5) is 18.6. The maximum absolute atomic E-state index is 11.5. The molecular formula is C19H20N2O3S. The van der Waals surface area contributed by atoms with Crippen molar-refractivity contribution in [3.63, 3.8) is 0 Å². The van der Waals surface area contributed by atoms with E-state index in [4.69, 9.17) is 9.72 Å². The number of carboxylic acid groups (broad SMARTS) is 1. The predicted molar refractivity (Wildman–Crippen MR) is 97.8 cm³/mol. The zero-order valence-electron chi connectivity index (χ0n) is 14.3. The first-order valence-electron chi connectivity index (χ1n) is 8.47. The van der Waals surface area contributed by atoms with Crippen molar-refractivity contribution in [3.05, 3.63) is 40.0 Å². The number of methoxy groups -OCH3 is 1. The molecule has 1 aliphatic carbocycles. The lowest BCUT2D eigenvalue weighted by atomic mass is 10.0. The molecule has 3 aromatic rings. The highest BCUT2D eigenvalue weighted by Gasteiger charge is 2.24. The number of thiazole rings is 1. The van der Waals surface area contributed by atoms with E-state index in [9.17, 15) is 9.90 Å². The molecule has 0 radical (unpaired) electrons. The number of nitrogens with zero attached hydrogens (tertiary/aromatic N) is 2. The molecule has 1 N–H and O–H groups in total. The summed E-state index contributed by atoms with van der Waals surface area (Å²) in [6.45, 7) is 1.99. The molecule has 4 rings (SSSR count). The van der Waals surface area contributed by atoms with Crippen molar-refractivity contribution in [2.45, 2.75) is 39.0 Å². The lowest BCUT2D eigenvalue weighted by Crippen LogP contribution is -2.09. The molecule has 0 saturated carbocycles. The van der Waals surface area contributed by atoms with Crippen LogP contribution in [0.5, 0.6) is 5.75 Å². The Bertz CT molecular complexity index is 971. The van der Waals surface area contributed by atoms with E-state index in [2.05, 4.69) is 4.40 Å². The van der Waals surface area contributed by atoms with Crippen LogP contribution in [0.3, 0.4) is 0 Å². The molecule has 0 bridgehead atoms. The summed E-state index contributed by atoms with van der Waals surface area (Å²) >= 11 is 1.70. The van der Waals surface area contributed by atoms with E-state index >= 15 is 0 Å². The molecular weight excluding hydrogens is 336 g/mol. The minimum absolute atomic E-state index is 0.0231. The van der Waals surface area contributed by atoms with Crippen LogP contribution in [-0.2, 0) is 24.1 Å². The zero-order chi connectivity index (χ0) is 17.6. The van der Waals surface area contributed by atoms with Gasteiger partial charge in [-0.15, -0.1) is 11.3 Å². The van der Waals surface area contributed by atoms with Gasteiger partial charge in [0.15, 0.2) is 4.96 Å². The number of benzene rings is 1. The van der Waals surface area contributed by atoms with Crippen molar-refractivity contribution in [3.8, 4) is 17.0 Å². The van der Waals surface area contributed by atoms with Gasteiger partial charge in [-0.25, -0.2) is 4.98 Å². The number of aromatic nitrogens is 2. The van der Waals surface area contributed by atoms with Crippen molar-refractivity contribution in [2.75, 3.05) is 7.11 Å². The van der Waals surface area contributed by atoms with Crippen molar-refractivity contribution >= 4 is 22.3 Å². The highest BCUT2D eigenvalue weighted by Crippen LogP contribution is 2.36. The predicted octanol–water partition coefficient (Wildman–Crippen LogP) is 3.89. The summed E-state index contributed by atoms with van der Waals surface area (Å²) in [5.74, 6) is -0.00835. The van der Waals surface area contributed by atoms with Crippen LogP contribution in [0, 0.1) is 6.92 Å². The Labute approximate surface area is 149 Å². The van der Waals surface area contributed by atoms with Gasteiger partial charge in [0.25, 0.3) is 0 Å². The fourth-order valence-electron chi connectivity index (χ4n) is 3.66. The monoisotopic (exact) mass is 356 g/mol. The number of carbonyl (C=O) groups is 1. The molecule has 2 heterocycles. The molecule has 0 amide bonds. The molecule has 5 nitrogen and oxygen atoms in total. The first kappa shape index (κ1) is 16.1. The third-order valence-electron chi connectivity index (χ3n) is 4.80. The third-order valence-corrected chi connectivity index (χ3v) is 5.95. The van der Waals surface area contributed by atoms with Crippen LogP contribution >= 0.6 is 11.3 Å². The molecule has 0 spiro atoms. The van der Waals surface area contributed by atoms with E-state index in [1.807, 2.05) is 25.1 Å². The Morgan fingerprint density at radius 3 is 2.88 bits per heavy atom. The largest absolute Gasteiger partial charge is 0.496 e. The zero-order valence-corrected chi connectivity index (χ0v) is 15.2. The molecule has 1 aromatic carbocycles. The Morgan fingerprint density at radius 1 is 1.36 bits per heavy atom. The molecule has 0 aliphatic heterocycles. The molecule has 0 atom stereocenters. The first-order valence-corrected chi connectivity index (χ1v) is 9.29. The van der Waals surface area contributed by atoms with E-state index < -0.39 is 5.97 Å². The highest BCUT2D eigenvalue weighted by molar-refractivity contribution is 7.17. The van der Waals surface area contributed by atoms with E-state index in [1.54, 1.807) is 18.4 Å². The second kappa shape index (κ2) is 6.19. The van der Waals surface area contributed by atoms with Crippen molar-refractivity contribution in [1.29, 1.82) is 0 Å². The topological polar surface area (TPSA) is 63.8 Å². The lowest BCUT2D eigenvalue weighted by molar-refractivity contribution is -0.136. The number of aryl methyl sites for hydroxylation is 3. The summed E-state index contributed by atoms with van der Waals surface area (Å²) in [5.41, 5.74) is 4.76. The summed E-state index contributed by atoms with van der Waals surface area (Å²) in [5, 5.41) is 9.44. The number of fused-ring (bicyclic) bond motifs is 3. The van der Waals surface area contributed by atoms with Gasteiger partial charge in [-0.1, -0.05) is 0 Å². The number of aliphatic carboxylic acids is 1. The van der Waals surface area contributed by atoms with Crippen LogP contribution in [0.15, 0.2) is 18.2 Å². The van der Waals surface area contributed by atoms with Gasteiger partial charge in [-0.05, 0) is 56.4 Å². The number of ether oxygens (including phenoxy) is 1. The Kier molecular flexibility index (Phi) is 4.00. The molecule has 6 heteroatoms. The van der Waals surface area contributed by atoms with Crippen molar-refractivity contribution in [1.82, 2.24) is 9.38 Å². The van der Waals surface area contributed by atoms with Gasteiger partial charge < -0.3 is 9.84 Å². The molecule has 1 aliphatic rings. The van der Waals surface area contributed by atoms with Crippen LogP contribution in [0.2, 0.25) is 0 Å². The number of rotatable bonds is 4. The van der Waals surface area contributed by atoms with Gasteiger partial charge in [-0.2, -0.15) is 0 Å². The number of imidazole rings is 1. The maximum atomic E-state index is 11.5. The standard InChI is InChI=1S/C19H20N2O3S/c1-11-9-12(7-8-15(11)24-2)18-14(10-17(22)23)21-13-5-3-4-6-16(13)25-19(21)20-18/h7-9H,3-6,10H2,1-2H3,(H,22,23). The Hall–Kier alpha value is -2.34. The summed E-state index contributed by atoms with van der Waals surface area (Å²) in [6, 6.07) is 5.89. The Morgan fingerprint density at radius 2 is 2.16 bits per heavy atom. The minimum Gasteiger partial charge on any atom is -0.496 e. The number of carboxylic acids is 1. The molecule has 0 saturated heterocycles. The lowest BCUT2D eigenvalue weighted by Gasteiger charge is -2.12. The van der Waals surface area contributed by atoms with Crippen LogP contribution in [0.1, 0.15) is 34.7 Å². The second-order valence-corrected chi connectivity index (χ2v) is 7.52. The van der Waals surface area contributed by atoms with E-state index in [0.717, 1.165) is 52.5 Å². The average molecular weight is 356 g/mol. The van der Waals surface area contributed by atoms with Gasteiger partial charge in [0.1, 0.15) is 5.75 Å². The van der Waals surface area contributed by atoms with E-state index in [1.165, 1.54) is 17.0 Å². The summed E-state index contributed by atoms with van der Waals surface area (Å²) < 4.78 is 7.43. The molecule has 130 valence electrons. The average Bonchev–Trinajstić information content (AvgIpc) is 3.11. The maximum Gasteiger partial charge on any atom is 0.309 e. The van der Waals surface area contributed by atoms with E-state index in [0.29, 0.717) is 0 Å². The Balaban J connectivity index is 1.92. The molecule has 2 aromatic heterocycles. The molecule has 25 heavy (non-hydrogen) atoms. The van der Waals surface area contributed by atoms with Crippen LogP contribution < -0.4 is 4.74 Å². The molecule has 0 unspecified atom stereocenters. The van der Waals surface area contributed by atoms with Crippen molar-refractivity contribution < 1.29 is 14.6 Å². The normalized spacial score (nSPS) is 13.8. The van der Waals surface area contributed by atoms with Crippen LogP contribution in [-0.4, -0.2) is 27.6 Å². The minimum atomic E-state index is -0.830. The number of hydrogen-bond donors (Lipinski definition) is 1. The summed E-state index contributed by atoms with van der Waals surface area (Å²) in [6.07, 6.45) is 4.41. The van der Waals surface area contributed by atoms with Gasteiger partial charge in [0.2, 0.25) is 0 Å². The fraction of sp³-hybridized carbons (Fsp3) is 0.368. The SMILES string of the molecule is COc1ccc(-c2nc3sc4c(n3c2CC(=O)O)CCCC4)cc1C. The summed E-state index contributed by atoms with van der Waals surface area (Å²) in [7, 11) is 1.65. The van der Waals surface area contributed by atoms with Crippen LogP contribution in [0.25, 0.3) is 16.2 Å². The van der Waals surface area contributed by atoms with Gasteiger partial charge in [0, 0.05) is 16.1 Å². The fourth-order valence-corrected chi connectivity index (χ4v) is 4.89. The van der Waals surface area contributed by atoms with Gasteiger partial charge >= 0.3 is 5.97 Å². The number of hydrogen-bond acceptors (Lipinski definition) is 4. The smallest absolute Gasteiger partial charge is 0.309 e.